The minimum Gasteiger partial charge on any atom is -0.376 e. The van der Waals surface area contributed by atoms with Crippen molar-refractivity contribution in [2.24, 2.45) is 5.92 Å². The SMILES string of the molecule is CS(=O)(=O)Nc1ccc(C(=O)N2CCC(C(=O)NC[C@@H]3CCCO3)CC2)cc1. The van der Waals surface area contributed by atoms with Crippen molar-refractivity contribution in [1.29, 1.82) is 0 Å². The van der Waals surface area contributed by atoms with E-state index in [9.17, 15) is 18.0 Å². The summed E-state index contributed by atoms with van der Waals surface area (Å²) in [5.41, 5.74) is 0.918. The molecule has 0 aromatic heterocycles. The van der Waals surface area contributed by atoms with Gasteiger partial charge in [0.2, 0.25) is 15.9 Å². The van der Waals surface area contributed by atoms with Gasteiger partial charge in [0, 0.05) is 43.4 Å². The maximum atomic E-state index is 12.6. The van der Waals surface area contributed by atoms with E-state index >= 15 is 0 Å². The number of carbonyl (C=O) groups is 2. The summed E-state index contributed by atoms with van der Waals surface area (Å²) in [6.45, 7) is 2.39. The number of sulfonamides is 1. The molecule has 0 saturated carbocycles. The summed E-state index contributed by atoms with van der Waals surface area (Å²) in [7, 11) is -3.35. The number of hydrogen-bond acceptors (Lipinski definition) is 5. The van der Waals surface area contributed by atoms with Crippen molar-refractivity contribution >= 4 is 27.5 Å². The highest BCUT2D eigenvalue weighted by molar-refractivity contribution is 7.92. The van der Waals surface area contributed by atoms with Gasteiger partial charge in [-0.3, -0.25) is 14.3 Å². The van der Waals surface area contributed by atoms with Gasteiger partial charge in [0.05, 0.1) is 12.4 Å². The molecular formula is C19H27N3O5S. The van der Waals surface area contributed by atoms with Crippen LogP contribution in [0.3, 0.4) is 0 Å². The van der Waals surface area contributed by atoms with E-state index in [0.717, 1.165) is 25.7 Å². The van der Waals surface area contributed by atoms with E-state index in [1.54, 1.807) is 29.2 Å². The first-order valence-corrected chi connectivity index (χ1v) is 11.5. The van der Waals surface area contributed by atoms with E-state index in [1.165, 1.54) is 0 Å². The van der Waals surface area contributed by atoms with E-state index in [-0.39, 0.29) is 23.8 Å². The third kappa shape index (κ3) is 5.68. The van der Waals surface area contributed by atoms with Crippen LogP contribution in [0.25, 0.3) is 0 Å². The number of ether oxygens (including phenoxy) is 1. The second-order valence-corrected chi connectivity index (χ2v) is 9.15. The smallest absolute Gasteiger partial charge is 0.253 e. The van der Waals surface area contributed by atoms with Gasteiger partial charge in [0.1, 0.15) is 0 Å². The fraction of sp³-hybridized carbons (Fsp3) is 0.579. The summed E-state index contributed by atoms with van der Waals surface area (Å²) in [5, 5.41) is 2.97. The lowest BCUT2D eigenvalue weighted by molar-refractivity contribution is -0.126. The molecule has 0 aliphatic carbocycles. The van der Waals surface area contributed by atoms with Crippen molar-refractivity contribution in [3.05, 3.63) is 29.8 Å². The van der Waals surface area contributed by atoms with Gasteiger partial charge >= 0.3 is 0 Å². The Kier molecular flexibility index (Phi) is 6.56. The number of anilines is 1. The number of nitrogens with one attached hydrogen (secondary N) is 2. The molecule has 1 aromatic rings. The normalized spacial score (nSPS) is 20.8. The van der Waals surface area contributed by atoms with E-state index in [1.807, 2.05) is 0 Å². The number of hydrogen-bond donors (Lipinski definition) is 2. The largest absolute Gasteiger partial charge is 0.376 e. The van der Waals surface area contributed by atoms with Gasteiger partial charge in [-0.2, -0.15) is 0 Å². The monoisotopic (exact) mass is 409 g/mol. The Hall–Kier alpha value is -2.13. The number of nitrogens with zero attached hydrogens (tertiary/aromatic N) is 1. The molecule has 1 atom stereocenters. The molecule has 0 unspecified atom stereocenters. The van der Waals surface area contributed by atoms with E-state index < -0.39 is 10.0 Å². The van der Waals surface area contributed by atoms with Gasteiger partial charge in [-0.1, -0.05) is 0 Å². The summed E-state index contributed by atoms with van der Waals surface area (Å²) in [5.74, 6) is -0.144. The summed E-state index contributed by atoms with van der Waals surface area (Å²) >= 11 is 0. The Balaban J connectivity index is 1.47. The predicted octanol–water partition coefficient (Wildman–Crippen LogP) is 1.21. The highest BCUT2D eigenvalue weighted by Gasteiger charge is 2.28. The van der Waals surface area contributed by atoms with Gasteiger partial charge in [-0.25, -0.2) is 8.42 Å². The number of amides is 2. The zero-order valence-electron chi connectivity index (χ0n) is 16.0. The molecule has 2 fully saturated rings. The molecule has 2 aliphatic rings. The van der Waals surface area contributed by atoms with Gasteiger partial charge in [-0.05, 0) is 49.9 Å². The molecule has 2 aliphatic heterocycles. The van der Waals surface area contributed by atoms with Crippen LogP contribution < -0.4 is 10.0 Å². The Bertz CT molecular complexity index is 795. The lowest BCUT2D eigenvalue weighted by Crippen LogP contribution is -2.44. The molecule has 0 bridgehead atoms. The van der Waals surface area contributed by atoms with Crippen LogP contribution in [-0.4, -0.2) is 63.7 Å². The Morgan fingerprint density at radius 3 is 2.39 bits per heavy atom. The van der Waals surface area contributed by atoms with E-state index in [0.29, 0.717) is 43.7 Å². The average Bonchev–Trinajstić information content (AvgIpc) is 3.19. The summed E-state index contributed by atoms with van der Waals surface area (Å²) in [4.78, 5) is 26.7. The standard InChI is InChI=1S/C19H27N3O5S/c1-28(25,26)21-16-6-4-15(5-7-16)19(24)22-10-8-14(9-11-22)18(23)20-13-17-3-2-12-27-17/h4-7,14,17,21H,2-3,8-13H2,1H3,(H,20,23)/t17-/m0/s1. The molecule has 9 heteroatoms. The molecule has 2 heterocycles. The van der Waals surface area contributed by atoms with Crippen molar-refractivity contribution in [2.75, 3.05) is 37.2 Å². The molecule has 3 rings (SSSR count). The molecule has 8 nitrogen and oxygen atoms in total. The summed E-state index contributed by atoms with van der Waals surface area (Å²) in [6, 6.07) is 6.35. The van der Waals surface area contributed by atoms with Crippen molar-refractivity contribution in [2.45, 2.75) is 31.8 Å². The predicted molar refractivity (Wildman–Crippen MR) is 106 cm³/mol. The van der Waals surface area contributed by atoms with Crippen LogP contribution in [0.15, 0.2) is 24.3 Å². The highest BCUT2D eigenvalue weighted by atomic mass is 32.2. The first-order valence-electron chi connectivity index (χ1n) is 9.58. The van der Waals surface area contributed by atoms with E-state index in [2.05, 4.69) is 10.0 Å². The van der Waals surface area contributed by atoms with Crippen molar-refractivity contribution < 1.29 is 22.7 Å². The average molecular weight is 410 g/mol. The minimum atomic E-state index is -3.35. The Morgan fingerprint density at radius 2 is 1.82 bits per heavy atom. The molecule has 0 spiro atoms. The third-order valence-electron chi connectivity index (χ3n) is 5.12. The minimum absolute atomic E-state index is 0.0406. The van der Waals surface area contributed by atoms with Crippen LogP contribution in [0, 0.1) is 5.92 Å². The zero-order chi connectivity index (χ0) is 20.1. The molecule has 28 heavy (non-hydrogen) atoms. The number of benzene rings is 1. The Morgan fingerprint density at radius 1 is 1.14 bits per heavy atom. The highest BCUT2D eigenvalue weighted by Crippen LogP contribution is 2.21. The van der Waals surface area contributed by atoms with E-state index in [4.69, 9.17) is 4.74 Å². The first kappa shape index (κ1) is 20.6. The zero-order valence-corrected chi connectivity index (χ0v) is 16.8. The fourth-order valence-electron chi connectivity index (χ4n) is 3.59. The van der Waals surface area contributed by atoms with Gasteiger partial charge < -0.3 is 15.0 Å². The number of likely N-dealkylation sites (tertiary alicyclic amines) is 1. The van der Waals surface area contributed by atoms with Crippen LogP contribution in [0.2, 0.25) is 0 Å². The van der Waals surface area contributed by atoms with Gasteiger partial charge in [0.15, 0.2) is 0 Å². The van der Waals surface area contributed by atoms with Gasteiger partial charge in [0.25, 0.3) is 5.91 Å². The summed E-state index contributed by atoms with van der Waals surface area (Å²) in [6.07, 6.45) is 4.52. The molecule has 154 valence electrons. The van der Waals surface area contributed by atoms with Crippen molar-refractivity contribution in [1.82, 2.24) is 10.2 Å². The van der Waals surface area contributed by atoms with Crippen LogP contribution in [0.4, 0.5) is 5.69 Å². The topological polar surface area (TPSA) is 105 Å². The number of rotatable bonds is 6. The number of carbonyl (C=O) groups excluding carboxylic acids is 2. The van der Waals surface area contributed by atoms with Crippen LogP contribution in [0.5, 0.6) is 0 Å². The molecule has 2 saturated heterocycles. The molecular weight excluding hydrogens is 382 g/mol. The maximum absolute atomic E-state index is 12.6. The number of piperidine rings is 1. The lowest BCUT2D eigenvalue weighted by Gasteiger charge is -2.31. The van der Waals surface area contributed by atoms with Crippen LogP contribution >= 0.6 is 0 Å². The van der Waals surface area contributed by atoms with Crippen molar-refractivity contribution in [3.63, 3.8) is 0 Å². The summed E-state index contributed by atoms with van der Waals surface area (Å²) < 4.78 is 30.4. The first-order chi connectivity index (χ1) is 13.3. The second-order valence-electron chi connectivity index (χ2n) is 7.40. The molecule has 0 radical (unpaired) electrons. The molecule has 2 amide bonds. The maximum Gasteiger partial charge on any atom is 0.253 e. The Labute approximate surface area is 165 Å². The third-order valence-corrected chi connectivity index (χ3v) is 5.72. The second kappa shape index (κ2) is 8.91. The fourth-order valence-corrected chi connectivity index (χ4v) is 4.15. The lowest BCUT2D eigenvalue weighted by atomic mass is 9.95. The molecule has 1 aromatic carbocycles. The van der Waals surface area contributed by atoms with Gasteiger partial charge in [-0.15, -0.1) is 0 Å². The molecule has 2 N–H and O–H groups in total. The van der Waals surface area contributed by atoms with Crippen LogP contribution in [-0.2, 0) is 19.6 Å². The van der Waals surface area contributed by atoms with Crippen LogP contribution in [0.1, 0.15) is 36.0 Å². The van der Waals surface area contributed by atoms with Crippen molar-refractivity contribution in [3.8, 4) is 0 Å². The quantitative estimate of drug-likeness (QED) is 0.735.